The highest BCUT2D eigenvalue weighted by molar-refractivity contribution is 7.22. The zero-order valence-corrected chi connectivity index (χ0v) is 16.2. The highest BCUT2D eigenvalue weighted by Crippen LogP contribution is 2.31. The molecule has 1 amide bonds. The van der Waals surface area contributed by atoms with Crippen molar-refractivity contribution in [1.82, 2.24) is 4.98 Å². The van der Waals surface area contributed by atoms with E-state index in [0.29, 0.717) is 16.7 Å². The molecule has 1 aromatic heterocycles. The number of carbonyl (C=O) groups is 1. The second-order valence-corrected chi connectivity index (χ2v) is 7.88. The highest BCUT2D eigenvalue weighted by Gasteiger charge is 2.25. The first kappa shape index (κ1) is 18.2. The molecule has 1 atom stereocenters. The second-order valence-electron chi connectivity index (χ2n) is 6.44. The predicted octanol–water partition coefficient (Wildman–Crippen LogP) is 5.18. The molecule has 3 aromatic rings. The summed E-state index contributed by atoms with van der Waals surface area (Å²) in [6, 6.07) is 15.4. The fourth-order valence-electron chi connectivity index (χ4n) is 3.08. The minimum atomic E-state index is -0.0977. The maximum absolute atomic E-state index is 13.0. The van der Waals surface area contributed by atoms with E-state index in [1.807, 2.05) is 54.6 Å². The topological polar surface area (TPSA) is 42.4 Å². The molecule has 1 fully saturated rings. The van der Waals surface area contributed by atoms with Gasteiger partial charge in [0.2, 0.25) is 0 Å². The molecule has 0 N–H and O–H groups in total. The smallest absolute Gasteiger partial charge is 0.252 e. The third-order valence-electron chi connectivity index (χ3n) is 4.46. The first-order valence-electron chi connectivity index (χ1n) is 8.91. The molecule has 4 nitrogen and oxygen atoms in total. The lowest BCUT2D eigenvalue weighted by molar-refractivity contribution is -0.114. The van der Waals surface area contributed by atoms with Crippen molar-refractivity contribution in [1.29, 1.82) is 0 Å². The lowest BCUT2D eigenvalue weighted by Gasteiger charge is -2.21. The molecular formula is C21H19ClN2O2S. The van der Waals surface area contributed by atoms with Crippen LogP contribution < -0.4 is 4.90 Å². The van der Waals surface area contributed by atoms with Gasteiger partial charge in [-0.3, -0.25) is 9.69 Å². The van der Waals surface area contributed by atoms with E-state index in [-0.39, 0.29) is 12.0 Å². The molecule has 1 aliphatic rings. The van der Waals surface area contributed by atoms with Gasteiger partial charge < -0.3 is 4.74 Å². The quantitative estimate of drug-likeness (QED) is 0.556. The molecule has 27 heavy (non-hydrogen) atoms. The third-order valence-corrected chi connectivity index (χ3v) is 5.74. The van der Waals surface area contributed by atoms with Crippen LogP contribution in [0, 0.1) is 0 Å². The van der Waals surface area contributed by atoms with Crippen molar-refractivity contribution < 1.29 is 9.53 Å². The maximum Gasteiger partial charge on any atom is 0.252 e. The number of benzene rings is 2. The maximum atomic E-state index is 13.0. The van der Waals surface area contributed by atoms with Gasteiger partial charge in [0.1, 0.15) is 0 Å². The van der Waals surface area contributed by atoms with Crippen LogP contribution in [0.2, 0.25) is 5.02 Å². The summed E-state index contributed by atoms with van der Waals surface area (Å²) in [4.78, 5) is 19.3. The van der Waals surface area contributed by atoms with Crippen LogP contribution >= 0.6 is 22.9 Å². The van der Waals surface area contributed by atoms with Crippen molar-refractivity contribution in [2.75, 3.05) is 18.1 Å². The van der Waals surface area contributed by atoms with Gasteiger partial charge in [-0.1, -0.05) is 53.3 Å². The zero-order valence-electron chi connectivity index (χ0n) is 14.7. The van der Waals surface area contributed by atoms with Gasteiger partial charge in [-0.2, -0.15) is 0 Å². The van der Waals surface area contributed by atoms with Crippen molar-refractivity contribution in [2.24, 2.45) is 0 Å². The van der Waals surface area contributed by atoms with E-state index in [9.17, 15) is 4.79 Å². The Morgan fingerprint density at radius 2 is 2.15 bits per heavy atom. The fourth-order valence-corrected chi connectivity index (χ4v) is 4.33. The average Bonchev–Trinajstić information content (AvgIpc) is 3.34. The van der Waals surface area contributed by atoms with Crippen LogP contribution in [0.5, 0.6) is 0 Å². The number of hydrogen-bond acceptors (Lipinski definition) is 4. The Morgan fingerprint density at radius 1 is 1.30 bits per heavy atom. The molecular weight excluding hydrogens is 380 g/mol. The van der Waals surface area contributed by atoms with E-state index < -0.39 is 0 Å². The minimum absolute atomic E-state index is 0.0506. The molecule has 1 saturated heterocycles. The van der Waals surface area contributed by atoms with Gasteiger partial charge in [-0.25, -0.2) is 4.98 Å². The van der Waals surface area contributed by atoms with Crippen molar-refractivity contribution in [3.05, 3.63) is 65.2 Å². The standard InChI is InChI=1S/C21H19ClN2O2S/c22-16-9-10-18-19(13-16)27-21(23-18)24(14-17-7-4-12-26-17)20(25)11-8-15-5-2-1-3-6-15/h1-3,5-6,8-11,13,17H,4,7,12,14H2/b11-8+. The van der Waals surface area contributed by atoms with Crippen molar-refractivity contribution >= 4 is 50.3 Å². The number of nitrogens with zero attached hydrogens (tertiary/aromatic N) is 2. The summed E-state index contributed by atoms with van der Waals surface area (Å²) in [7, 11) is 0. The summed E-state index contributed by atoms with van der Waals surface area (Å²) >= 11 is 7.57. The molecule has 138 valence electrons. The molecule has 1 aliphatic heterocycles. The largest absolute Gasteiger partial charge is 0.376 e. The monoisotopic (exact) mass is 398 g/mol. The number of rotatable bonds is 5. The number of anilines is 1. The Morgan fingerprint density at radius 3 is 2.93 bits per heavy atom. The van der Waals surface area contributed by atoms with Gasteiger partial charge in [0.25, 0.3) is 5.91 Å². The van der Waals surface area contributed by atoms with E-state index in [2.05, 4.69) is 4.98 Å². The van der Waals surface area contributed by atoms with E-state index in [4.69, 9.17) is 16.3 Å². The molecule has 0 bridgehead atoms. The summed E-state index contributed by atoms with van der Waals surface area (Å²) in [6.07, 6.45) is 5.47. The molecule has 0 aliphatic carbocycles. The van der Waals surface area contributed by atoms with E-state index >= 15 is 0 Å². The number of amides is 1. The number of halogens is 1. The van der Waals surface area contributed by atoms with Crippen LogP contribution in [-0.2, 0) is 9.53 Å². The van der Waals surface area contributed by atoms with Gasteiger partial charge >= 0.3 is 0 Å². The van der Waals surface area contributed by atoms with Gasteiger partial charge in [-0.15, -0.1) is 0 Å². The Labute approximate surface area is 167 Å². The van der Waals surface area contributed by atoms with Crippen LogP contribution in [0.1, 0.15) is 18.4 Å². The van der Waals surface area contributed by atoms with Crippen LogP contribution in [0.3, 0.4) is 0 Å². The molecule has 0 saturated carbocycles. The van der Waals surface area contributed by atoms with Crippen molar-refractivity contribution in [3.63, 3.8) is 0 Å². The summed E-state index contributed by atoms with van der Waals surface area (Å²) in [6.45, 7) is 1.26. The van der Waals surface area contributed by atoms with Crippen LogP contribution in [0.4, 0.5) is 5.13 Å². The van der Waals surface area contributed by atoms with Crippen LogP contribution in [0.25, 0.3) is 16.3 Å². The van der Waals surface area contributed by atoms with E-state index in [0.717, 1.165) is 35.2 Å². The lowest BCUT2D eigenvalue weighted by Crippen LogP contribution is -2.36. The number of ether oxygens (including phenoxy) is 1. The molecule has 0 spiro atoms. The number of fused-ring (bicyclic) bond motifs is 1. The summed E-state index contributed by atoms with van der Waals surface area (Å²) in [5.74, 6) is -0.0977. The first-order chi connectivity index (χ1) is 13.2. The van der Waals surface area contributed by atoms with Gasteiger partial charge in [0.05, 0.1) is 22.9 Å². The molecule has 0 radical (unpaired) electrons. The summed E-state index contributed by atoms with van der Waals surface area (Å²) in [5, 5.41) is 1.34. The highest BCUT2D eigenvalue weighted by atomic mass is 35.5. The zero-order chi connectivity index (χ0) is 18.6. The molecule has 4 rings (SSSR count). The Bertz CT molecular complexity index is 965. The van der Waals surface area contributed by atoms with E-state index in [1.54, 1.807) is 11.0 Å². The third kappa shape index (κ3) is 4.38. The summed E-state index contributed by atoms with van der Waals surface area (Å²) < 4.78 is 6.72. The number of carbonyl (C=O) groups excluding carboxylic acids is 1. The predicted molar refractivity (Wildman–Crippen MR) is 111 cm³/mol. The average molecular weight is 399 g/mol. The number of thiazole rings is 1. The molecule has 2 aromatic carbocycles. The van der Waals surface area contributed by atoms with Crippen LogP contribution in [-0.4, -0.2) is 30.1 Å². The second kappa shape index (κ2) is 8.21. The van der Waals surface area contributed by atoms with Gasteiger partial charge in [0, 0.05) is 17.7 Å². The molecule has 6 heteroatoms. The Hall–Kier alpha value is -2.21. The van der Waals surface area contributed by atoms with Crippen molar-refractivity contribution in [3.8, 4) is 0 Å². The first-order valence-corrected chi connectivity index (χ1v) is 10.1. The van der Waals surface area contributed by atoms with Gasteiger partial charge in [0.15, 0.2) is 5.13 Å². The van der Waals surface area contributed by atoms with Crippen molar-refractivity contribution in [2.45, 2.75) is 18.9 Å². The molecule has 2 heterocycles. The van der Waals surface area contributed by atoms with Crippen LogP contribution in [0.15, 0.2) is 54.6 Å². The number of hydrogen-bond donors (Lipinski definition) is 0. The van der Waals surface area contributed by atoms with Gasteiger partial charge in [-0.05, 0) is 42.7 Å². The number of aromatic nitrogens is 1. The summed E-state index contributed by atoms with van der Waals surface area (Å²) in [5.41, 5.74) is 1.83. The SMILES string of the molecule is O=C(/C=C/c1ccccc1)N(CC1CCCO1)c1nc2ccc(Cl)cc2s1. The Kier molecular flexibility index (Phi) is 5.53. The minimum Gasteiger partial charge on any atom is -0.376 e. The molecule has 1 unspecified atom stereocenters. The Balaban J connectivity index is 1.62. The fraction of sp³-hybridized carbons (Fsp3) is 0.238. The lowest BCUT2D eigenvalue weighted by atomic mass is 10.2. The normalized spacial score (nSPS) is 17.0. The van der Waals surface area contributed by atoms with E-state index in [1.165, 1.54) is 11.3 Å².